The molecule has 2 aromatic rings. The lowest BCUT2D eigenvalue weighted by Gasteiger charge is -2.17. The van der Waals surface area contributed by atoms with Gasteiger partial charge in [0.05, 0.1) is 12.6 Å². The summed E-state index contributed by atoms with van der Waals surface area (Å²) in [6.07, 6.45) is 1.91. The fourth-order valence-corrected chi connectivity index (χ4v) is 2.00. The van der Waals surface area contributed by atoms with E-state index >= 15 is 0 Å². The molecule has 0 spiro atoms. The molecular weight excluding hydrogens is 226 g/mol. The van der Waals surface area contributed by atoms with E-state index in [0.29, 0.717) is 12.3 Å². The zero-order valence-electron chi connectivity index (χ0n) is 10.7. The third-order valence-electron chi connectivity index (χ3n) is 2.96. The monoisotopic (exact) mass is 243 g/mol. The molecule has 0 radical (unpaired) electrons. The van der Waals surface area contributed by atoms with Gasteiger partial charge in [0.15, 0.2) is 0 Å². The maximum absolute atomic E-state index is 11.8. The number of hydrogen-bond acceptors (Lipinski definition) is 2. The molecule has 3 nitrogen and oxygen atoms in total. The second-order valence-corrected chi connectivity index (χ2v) is 4.11. The summed E-state index contributed by atoms with van der Waals surface area (Å²) in [7, 11) is 0. The summed E-state index contributed by atoms with van der Waals surface area (Å²) in [5, 5.41) is 0. The van der Waals surface area contributed by atoms with Crippen molar-refractivity contribution in [1.82, 2.24) is 4.57 Å². The Kier molecular flexibility index (Phi) is 3.82. The first-order valence-corrected chi connectivity index (χ1v) is 6.13. The minimum Gasteiger partial charge on any atom is -0.461 e. The minimum atomic E-state index is -0.273. The molecule has 0 amide bonds. The maximum atomic E-state index is 11.8. The van der Waals surface area contributed by atoms with Gasteiger partial charge >= 0.3 is 5.97 Å². The average molecular weight is 243 g/mol. The zero-order valence-corrected chi connectivity index (χ0v) is 10.7. The lowest BCUT2D eigenvalue weighted by Crippen LogP contribution is -2.15. The largest absolute Gasteiger partial charge is 0.461 e. The summed E-state index contributed by atoms with van der Waals surface area (Å²) in [6, 6.07) is 13.9. The number of carbonyl (C=O) groups excluding carboxylic acids is 1. The van der Waals surface area contributed by atoms with Crippen LogP contribution in [0.1, 0.15) is 35.9 Å². The first-order valence-electron chi connectivity index (χ1n) is 6.13. The molecule has 0 aliphatic carbocycles. The molecule has 0 aliphatic rings. The van der Waals surface area contributed by atoms with Gasteiger partial charge in [-0.05, 0) is 31.5 Å². The Balaban J connectivity index is 2.29. The Morgan fingerprint density at radius 3 is 2.61 bits per heavy atom. The number of aromatic nitrogens is 1. The second kappa shape index (κ2) is 5.54. The summed E-state index contributed by atoms with van der Waals surface area (Å²) in [5.74, 6) is -0.273. The number of nitrogens with zero attached hydrogens (tertiary/aromatic N) is 1. The highest BCUT2D eigenvalue weighted by Crippen LogP contribution is 2.20. The van der Waals surface area contributed by atoms with Gasteiger partial charge in [-0.25, -0.2) is 4.79 Å². The molecule has 0 N–H and O–H groups in total. The Bertz CT molecular complexity index is 516. The van der Waals surface area contributed by atoms with Gasteiger partial charge in [0.1, 0.15) is 5.69 Å². The molecule has 0 aliphatic heterocycles. The maximum Gasteiger partial charge on any atom is 0.354 e. The van der Waals surface area contributed by atoms with Crippen LogP contribution < -0.4 is 0 Å². The summed E-state index contributed by atoms with van der Waals surface area (Å²) in [5.41, 5.74) is 1.76. The van der Waals surface area contributed by atoms with E-state index in [1.165, 1.54) is 5.56 Å². The van der Waals surface area contributed by atoms with E-state index in [1.54, 1.807) is 6.07 Å². The van der Waals surface area contributed by atoms with Crippen LogP contribution in [0.3, 0.4) is 0 Å². The van der Waals surface area contributed by atoms with E-state index in [2.05, 4.69) is 19.1 Å². The number of hydrogen-bond donors (Lipinski definition) is 0. The van der Waals surface area contributed by atoms with Crippen molar-refractivity contribution in [3.63, 3.8) is 0 Å². The third kappa shape index (κ3) is 2.45. The Morgan fingerprint density at radius 2 is 1.94 bits per heavy atom. The van der Waals surface area contributed by atoms with Gasteiger partial charge in [0.25, 0.3) is 0 Å². The molecule has 1 atom stereocenters. The van der Waals surface area contributed by atoms with Crippen LogP contribution in [0.5, 0.6) is 0 Å². The lowest BCUT2D eigenvalue weighted by molar-refractivity contribution is 0.0512. The smallest absolute Gasteiger partial charge is 0.354 e. The van der Waals surface area contributed by atoms with E-state index in [-0.39, 0.29) is 12.0 Å². The van der Waals surface area contributed by atoms with E-state index in [1.807, 2.05) is 42.0 Å². The first-order chi connectivity index (χ1) is 8.74. The molecule has 0 saturated carbocycles. The van der Waals surface area contributed by atoms with Crippen LogP contribution in [0.2, 0.25) is 0 Å². The molecule has 3 heteroatoms. The van der Waals surface area contributed by atoms with Crippen molar-refractivity contribution in [3.05, 3.63) is 59.9 Å². The van der Waals surface area contributed by atoms with Gasteiger partial charge < -0.3 is 9.30 Å². The van der Waals surface area contributed by atoms with Crippen molar-refractivity contribution in [2.24, 2.45) is 0 Å². The highest BCUT2D eigenvalue weighted by atomic mass is 16.5. The Hall–Kier alpha value is -2.03. The Labute approximate surface area is 107 Å². The van der Waals surface area contributed by atoms with Crippen molar-refractivity contribution in [2.75, 3.05) is 6.61 Å². The minimum absolute atomic E-state index is 0.112. The van der Waals surface area contributed by atoms with Crippen molar-refractivity contribution in [1.29, 1.82) is 0 Å². The van der Waals surface area contributed by atoms with Crippen LogP contribution in [-0.2, 0) is 4.74 Å². The highest BCUT2D eigenvalue weighted by Gasteiger charge is 2.16. The molecule has 0 fully saturated rings. The van der Waals surface area contributed by atoms with Crippen molar-refractivity contribution < 1.29 is 9.53 Å². The van der Waals surface area contributed by atoms with Gasteiger partial charge in [-0.3, -0.25) is 0 Å². The van der Waals surface area contributed by atoms with E-state index in [4.69, 9.17) is 4.74 Å². The van der Waals surface area contributed by atoms with Crippen LogP contribution in [0.25, 0.3) is 0 Å². The number of esters is 1. The molecule has 1 heterocycles. The van der Waals surface area contributed by atoms with Crippen molar-refractivity contribution in [3.8, 4) is 0 Å². The van der Waals surface area contributed by atoms with Gasteiger partial charge in [0, 0.05) is 6.20 Å². The van der Waals surface area contributed by atoms with Crippen LogP contribution in [-0.4, -0.2) is 17.1 Å². The van der Waals surface area contributed by atoms with Crippen LogP contribution >= 0.6 is 0 Å². The summed E-state index contributed by atoms with van der Waals surface area (Å²) in [6.45, 7) is 4.27. The van der Waals surface area contributed by atoms with Gasteiger partial charge in [0.2, 0.25) is 0 Å². The fourth-order valence-electron chi connectivity index (χ4n) is 2.00. The normalized spacial score (nSPS) is 12.1. The van der Waals surface area contributed by atoms with Crippen molar-refractivity contribution in [2.45, 2.75) is 19.9 Å². The number of benzene rings is 1. The fraction of sp³-hybridized carbons (Fsp3) is 0.267. The summed E-state index contributed by atoms with van der Waals surface area (Å²) < 4.78 is 6.99. The predicted molar refractivity (Wildman–Crippen MR) is 70.6 cm³/mol. The van der Waals surface area contributed by atoms with Gasteiger partial charge in [-0.1, -0.05) is 30.3 Å². The molecule has 0 saturated heterocycles. The SMILES string of the molecule is CCOC(=O)c1cccn1[C@H](C)c1ccccc1. The number of ether oxygens (including phenoxy) is 1. The molecular formula is C15H17NO2. The average Bonchev–Trinajstić information content (AvgIpc) is 2.88. The van der Waals surface area contributed by atoms with Crippen molar-refractivity contribution >= 4 is 5.97 Å². The first kappa shape index (κ1) is 12.4. The number of carbonyl (C=O) groups is 1. The van der Waals surface area contributed by atoms with Gasteiger partial charge in [-0.2, -0.15) is 0 Å². The molecule has 18 heavy (non-hydrogen) atoms. The standard InChI is InChI=1S/C15H17NO2/c1-3-18-15(17)14-10-7-11-16(14)12(2)13-8-5-4-6-9-13/h4-12H,3H2,1-2H3/t12-/m1/s1. The van der Waals surface area contributed by atoms with E-state index in [9.17, 15) is 4.79 Å². The zero-order chi connectivity index (χ0) is 13.0. The molecule has 0 unspecified atom stereocenters. The van der Waals surface area contributed by atoms with Crippen LogP contribution in [0.4, 0.5) is 0 Å². The van der Waals surface area contributed by atoms with E-state index < -0.39 is 0 Å². The quantitative estimate of drug-likeness (QED) is 0.772. The van der Waals surface area contributed by atoms with Crippen LogP contribution in [0.15, 0.2) is 48.7 Å². The van der Waals surface area contributed by atoms with E-state index in [0.717, 1.165) is 0 Å². The lowest BCUT2D eigenvalue weighted by atomic mass is 10.1. The predicted octanol–water partition coefficient (Wildman–Crippen LogP) is 3.27. The topological polar surface area (TPSA) is 31.2 Å². The highest BCUT2D eigenvalue weighted by molar-refractivity contribution is 5.87. The molecule has 94 valence electrons. The third-order valence-corrected chi connectivity index (χ3v) is 2.96. The Morgan fingerprint density at radius 1 is 1.22 bits per heavy atom. The molecule has 1 aromatic heterocycles. The van der Waals surface area contributed by atoms with Gasteiger partial charge in [-0.15, -0.1) is 0 Å². The summed E-state index contributed by atoms with van der Waals surface area (Å²) >= 11 is 0. The second-order valence-electron chi connectivity index (χ2n) is 4.11. The van der Waals surface area contributed by atoms with Crippen LogP contribution in [0, 0.1) is 0 Å². The molecule has 0 bridgehead atoms. The molecule has 2 rings (SSSR count). The number of rotatable bonds is 4. The molecule has 1 aromatic carbocycles. The summed E-state index contributed by atoms with van der Waals surface area (Å²) in [4.78, 5) is 11.8.